The molecule has 0 bridgehead atoms. The molecule has 1 aromatic rings. The molecular weight excluding hydrogens is 301 g/mol. The molecule has 0 spiro atoms. The van der Waals surface area contributed by atoms with Crippen molar-refractivity contribution in [2.45, 2.75) is 26.3 Å². The second kappa shape index (κ2) is 7.06. The molecule has 0 aliphatic rings. The van der Waals surface area contributed by atoms with Gasteiger partial charge in [0.15, 0.2) is 0 Å². The maximum absolute atomic E-state index is 5.22. The van der Waals surface area contributed by atoms with Crippen LogP contribution in [0.15, 0.2) is 18.2 Å². The third-order valence-electron chi connectivity index (χ3n) is 2.25. The summed E-state index contributed by atoms with van der Waals surface area (Å²) in [6, 6.07) is 6.30. The monoisotopic (exact) mass is 319 g/mol. The van der Waals surface area contributed by atoms with Gasteiger partial charge in [-0.15, -0.1) is 0 Å². The molecule has 0 fully saturated rings. The summed E-state index contributed by atoms with van der Waals surface area (Å²) in [5.41, 5.74) is 1.32. The second-order valence-corrected chi connectivity index (χ2v) is 4.66. The van der Waals surface area contributed by atoms with Crippen molar-refractivity contribution >= 4 is 22.6 Å². The smallest absolute Gasteiger partial charge is 0.132 e. The predicted molar refractivity (Wildman–Crippen MR) is 72.3 cm³/mol. The van der Waals surface area contributed by atoms with Gasteiger partial charge in [-0.3, -0.25) is 0 Å². The molecule has 15 heavy (non-hydrogen) atoms. The Kier molecular flexibility index (Phi) is 6.02. The lowest BCUT2D eigenvalue weighted by Gasteiger charge is -2.07. The highest BCUT2D eigenvalue weighted by Gasteiger charge is 2.00. The van der Waals surface area contributed by atoms with Gasteiger partial charge in [0.2, 0.25) is 0 Å². The fourth-order valence-electron chi connectivity index (χ4n) is 1.35. The summed E-state index contributed by atoms with van der Waals surface area (Å²) in [5, 5.41) is 3.42. The van der Waals surface area contributed by atoms with Crippen molar-refractivity contribution in [2.24, 2.45) is 0 Å². The highest BCUT2D eigenvalue weighted by molar-refractivity contribution is 14.1. The van der Waals surface area contributed by atoms with E-state index in [-0.39, 0.29) is 0 Å². The van der Waals surface area contributed by atoms with E-state index in [2.05, 4.69) is 47.0 Å². The van der Waals surface area contributed by atoms with Crippen LogP contribution < -0.4 is 10.1 Å². The van der Waals surface area contributed by atoms with Gasteiger partial charge in [0.1, 0.15) is 5.75 Å². The van der Waals surface area contributed by atoms with Crippen molar-refractivity contribution in [3.8, 4) is 5.75 Å². The molecular formula is C12H18INO. The molecule has 0 aliphatic carbocycles. The SMILES string of the molecule is CCCCNCc1ccc(OC)c(I)c1. The topological polar surface area (TPSA) is 21.3 Å². The third-order valence-corrected chi connectivity index (χ3v) is 3.10. The highest BCUT2D eigenvalue weighted by atomic mass is 127. The number of nitrogens with one attached hydrogen (secondary N) is 1. The average molecular weight is 319 g/mol. The molecule has 2 nitrogen and oxygen atoms in total. The van der Waals surface area contributed by atoms with Crippen LogP contribution in [0.3, 0.4) is 0 Å². The van der Waals surface area contributed by atoms with Crippen LogP contribution in [0.1, 0.15) is 25.3 Å². The highest BCUT2D eigenvalue weighted by Crippen LogP contribution is 2.21. The Hall–Kier alpha value is -0.290. The molecule has 0 unspecified atom stereocenters. The Labute approximate surface area is 106 Å². The van der Waals surface area contributed by atoms with Crippen molar-refractivity contribution in [3.63, 3.8) is 0 Å². The number of halogens is 1. The van der Waals surface area contributed by atoms with Crippen LogP contribution in [-0.2, 0) is 6.54 Å². The number of rotatable bonds is 6. The Balaban J connectivity index is 2.45. The van der Waals surface area contributed by atoms with Crippen LogP contribution in [0.4, 0.5) is 0 Å². The first kappa shape index (κ1) is 12.8. The van der Waals surface area contributed by atoms with Gasteiger partial charge in [0.05, 0.1) is 10.7 Å². The van der Waals surface area contributed by atoms with Gasteiger partial charge in [0.25, 0.3) is 0 Å². The minimum absolute atomic E-state index is 0.944. The van der Waals surface area contributed by atoms with Crippen LogP contribution in [0, 0.1) is 3.57 Å². The zero-order chi connectivity index (χ0) is 11.1. The number of hydrogen-bond acceptors (Lipinski definition) is 2. The van der Waals surface area contributed by atoms with Gasteiger partial charge in [-0.1, -0.05) is 19.4 Å². The standard InChI is InChI=1S/C12H18INO/c1-3-4-7-14-9-10-5-6-12(15-2)11(13)8-10/h5-6,8,14H,3-4,7,9H2,1-2H3. The zero-order valence-electron chi connectivity index (χ0n) is 9.35. The molecule has 3 heteroatoms. The van der Waals surface area contributed by atoms with Crippen LogP contribution in [0.25, 0.3) is 0 Å². The molecule has 0 atom stereocenters. The van der Waals surface area contributed by atoms with Crippen molar-refractivity contribution in [1.29, 1.82) is 0 Å². The molecule has 0 radical (unpaired) electrons. The van der Waals surface area contributed by atoms with Gasteiger partial charge >= 0.3 is 0 Å². The number of hydrogen-bond donors (Lipinski definition) is 1. The summed E-state index contributed by atoms with van der Waals surface area (Å²) in [5.74, 6) is 0.952. The van der Waals surface area contributed by atoms with E-state index in [9.17, 15) is 0 Å². The van der Waals surface area contributed by atoms with Crippen LogP contribution in [0.5, 0.6) is 5.75 Å². The average Bonchev–Trinajstić information content (AvgIpc) is 2.25. The van der Waals surface area contributed by atoms with Crippen LogP contribution >= 0.6 is 22.6 Å². The van der Waals surface area contributed by atoms with E-state index in [1.165, 1.54) is 22.0 Å². The van der Waals surface area contributed by atoms with Crippen LogP contribution in [0.2, 0.25) is 0 Å². The van der Waals surface area contributed by atoms with E-state index in [1.807, 2.05) is 6.07 Å². The Morgan fingerprint density at radius 1 is 1.40 bits per heavy atom. The maximum atomic E-state index is 5.22. The van der Waals surface area contributed by atoms with E-state index >= 15 is 0 Å². The number of ether oxygens (including phenoxy) is 1. The van der Waals surface area contributed by atoms with E-state index in [0.29, 0.717) is 0 Å². The number of unbranched alkanes of at least 4 members (excludes halogenated alkanes) is 1. The van der Waals surface area contributed by atoms with E-state index in [0.717, 1.165) is 18.8 Å². The van der Waals surface area contributed by atoms with E-state index < -0.39 is 0 Å². The zero-order valence-corrected chi connectivity index (χ0v) is 11.5. The summed E-state index contributed by atoms with van der Waals surface area (Å²) in [6.45, 7) is 4.25. The third kappa shape index (κ3) is 4.38. The van der Waals surface area contributed by atoms with Crippen molar-refractivity contribution in [2.75, 3.05) is 13.7 Å². The van der Waals surface area contributed by atoms with Crippen molar-refractivity contribution in [3.05, 3.63) is 27.3 Å². The molecule has 0 saturated carbocycles. The first-order valence-corrected chi connectivity index (χ1v) is 6.39. The molecule has 1 rings (SSSR count). The maximum Gasteiger partial charge on any atom is 0.132 e. The summed E-state index contributed by atoms with van der Waals surface area (Å²) in [4.78, 5) is 0. The van der Waals surface area contributed by atoms with Gasteiger partial charge in [-0.05, 0) is 53.3 Å². The lowest BCUT2D eigenvalue weighted by Crippen LogP contribution is -2.14. The van der Waals surface area contributed by atoms with Gasteiger partial charge in [-0.25, -0.2) is 0 Å². The minimum Gasteiger partial charge on any atom is -0.496 e. The Bertz CT molecular complexity index is 302. The molecule has 0 aliphatic heterocycles. The summed E-state index contributed by atoms with van der Waals surface area (Å²) in [6.07, 6.45) is 2.49. The number of methoxy groups -OCH3 is 1. The molecule has 84 valence electrons. The molecule has 1 N–H and O–H groups in total. The summed E-state index contributed by atoms with van der Waals surface area (Å²) >= 11 is 2.30. The quantitative estimate of drug-likeness (QED) is 0.642. The lowest BCUT2D eigenvalue weighted by atomic mass is 10.2. The number of benzene rings is 1. The molecule has 1 aromatic carbocycles. The minimum atomic E-state index is 0.944. The van der Waals surface area contributed by atoms with E-state index in [4.69, 9.17) is 4.74 Å². The van der Waals surface area contributed by atoms with Crippen molar-refractivity contribution < 1.29 is 4.74 Å². The fraction of sp³-hybridized carbons (Fsp3) is 0.500. The Morgan fingerprint density at radius 3 is 2.80 bits per heavy atom. The molecule has 0 aromatic heterocycles. The molecule has 0 saturated heterocycles. The lowest BCUT2D eigenvalue weighted by molar-refractivity contribution is 0.411. The Morgan fingerprint density at radius 2 is 2.20 bits per heavy atom. The summed E-state index contributed by atoms with van der Waals surface area (Å²) < 4.78 is 6.39. The summed E-state index contributed by atoms with van der Waals surface area (Å²) in [7, 11) is 1.71. The molecule has 0 amide bonds. The van der Waals surface area contributed by atoms with Crippen molar-refractivity contribution in [1.82, 2.24) is 5.32 Å². The van der Waals surface area contributed by atoms with Gasteiger partial charge in [0, 0.05) is 6.54 Å². The van der Waals surface area contributed by atoms with Gasteiger partial charge < -0.3 is 10.1 Å². The van der Waals surface area contributed by atoms with Crippen LogP contribution in [-0.4, -0.2) is 13.7 Å². The molecule has 0 heterocycles. The van der Waals surface area contributed by atoms with Gasteiger partial charge in [-0.2, -0.15) is 0 Å². The van der Waals surface area contributed by atoms with E-state index in [1.54, 1.807) is 7.11 Å². The second-order valence-electron chi connectivity index (χ2n) is 3.50. The first-order valence-electron chi connectivity index (χ1n) is 5.31. The first-order chi connectivity index (χ1) is 7.27. The largest absolute Gasteiger partial charge is 0.496 e. The normalized spacial score (nSPS) is 10.3. The predicted octanol–water partition coefficient (Wildman–Crippen LogP) is 3.19. The fourth-order valence-corrected chi connectivity index (χ4v) is 2.15.